The first-order chi connectivity index (χ1) is 17.0. The van der Waals surface area contributed by atoms with E-state index in [0.717, 1.165) is 48.3 Å². The minimum Gasteiger partial charge on any atom is -0.451 e. The zero-order valence-electron chi connectivity index (χ0n) is 19.1. The van der Waals surface area contributed by atoms with E-state index < -0.39 is 0 Å². The largest absolute Gasteiger partial charge is 0.451 e. The molecule has 0 bridgehead atoms. The highest BCUT2D eigenvalue weighted by Crippen LogP contribution is 2.26. The van der Waals surface area contributed by atoms with Crippen molar-refractivity contribution >= 4 is 39.1 Å². The van der Waals surface area contributed by atoms with E-state index in [9.17, 15) is 14.7 Å². The van der Waals surface area contributed by atoms with Gasteiger partial charge in [-0.15, -0.1) is 11.3 Å². The Morgan fingerprint density at radius 1 is 1.09 bits per heavy atom. The molecule has 1 aliphatic heterocycles. The number of pyridine rings is 1. The summed E-state index contributed by atoms with van der Waals surface area (Å²) < 4.78 is 5.76. The van der Waals surface area contributed by atoms with Crippen LogP contribution in [0.1, 0.15) is 33.1 Å². The molecule has 35 heavy (non-hydrogen) atoms. The maximum atomic E-state index is 12.6. The highest BCUT2D eigenvalue weighted by molar-refractivity contribution is 7.20. The summed E-state index contributed by atoms with van der Waals surface area (Å²) in [6.07, 6.45) is 3.07. The van der Waals surface area contributed by atoms with Crippen LogP contribution < -0.4 is 10.6 Å². The van der Waals surface area contributed by atoms with Crippen molar-refractivity contribution in [1.82, 2.24) is 15.2 Å². The van der Waals surface area contributed by atoms with Crippen LogP contribution >= 0.6 is 11.3 Å². The Hall–Kier alpha value is -3.53. The maximum Gasteiger partial charge on any atom is 0.287 e. The first kappa shape index (κ1) is 23.2. The second-order valence-electron chi connectivity index (χ2n) is 8.53. The molecule has 5 rings (SSSR count). The minimum atomic E-state index is -0.255. The number of piperidine rings is 1. The fourth-order valence-electron chi connectivity index (χ4n) is 4.07. The van der Waals surface area contributed by atoms with Crippen molar-refractivity contribution in [2.24, 2.45) is 0 Å². The number of thiophene rings is 1. The van der Waals surface area contributed by atoms with Crippen LogP contribution in [0.5, 0.6) is 0 Å². The number of likely N-dealkylation sites (tertiary alicyclic amines) is 1. The van der Waals surface area contributed by atoms with Crippen LogP contribution in [0.2, 0.25) is 0 Å². The van der Waals surface area contributed by atoms with Crippen LogP contribution in [0.4, 0.5) is 5.69 Å². The molecule has 1 aliphatic rings. The van der Waals surface area contributed by atoms with E-state index in [1.165, 1.54) is 11.3 Å². The molecule has 9 heteroatoms. The molecule has 4 aromatic rings. The molecule has 0 saturated carbocycles. The van der Waals surface area contributed by atoms with Crippen molar-refractivity contribution in [2.75, 3.05) is 31.5 Å². The van der Waals surface area contributed by atoms with Gasteiger partial charge in [-0.1, -0.05) is 6.07 Å². The quantitative estimate of drug-likeness (QED) is 0.362. The van der Waals surface area contributed by atoms with Gasteiger partial charge in [-0.05, 0) is 61.4 Å². The molecule has 0 spiro atoms. The number of anilines is 1. The lowest BCUT2D eigenvalue weighted by Gasteiger charge is -2.29. The third-order valence-electron chi connectivity index (χ3n) is 6.05. The van der Waals surface area contributed by atoms with Crippen molar-refractivity contribution in [1.29, 1.82) is 0 Å². The summed E-state index contributed by atoms with van der Waals surface area (Å²) in [6, 6.07) is 16.3. The van der Waals surface area contributed by atoms with E-state index in [4.69, 9.17) is 4.42 Å². The second-order valence-corrected chi connectivity index (χ2v) is 9.56. The molecule has 1 aromatic carbocycles. The fourth-order valence-corrected chi connectivity index (χ4v) is 4.96. The van der Waals surface area contributed by atoms with Crippen molar-refractivity contribution in [3.63, 3.8) is 0 Å². The molecular formula is C26H26N4O4S. The van der Waals surface area contributed by atoms with Gasteiger partial charge in [0.15, 0.2) is 5.76 Å². The lowest BCUT2D eigenvalue weighted by molar-refractivity contribution is 0.0798. The number of benzene rings is 1. The van der Waals surface area contributed by atoms with Gasteiger partial charge < -0.3 is 25.1 Å². The van der Waals surface area contributed by atoms with Gasteiger partial charge in [-0.2, -0.15) is 0 Å². The number of rotatable bonds is 7. The standard InChI is InChI=1S/C26H26N4O4S/c31-20-9-13-30(14-10-20)15-12-27-24(32)22-8-7-21(34-22)17-3-5-19(6-4-17)29-25(33)23-16-18-2-1-11-28-26(18)35-23/h1-8,11,16,20,31H,9-10,12-15H2,(H,27,32)(H,29,33). The molecule has 8 nitrogen and oxygen atoms in total. The molecule has 0 atom stereocenters. The smallest absolute Gasteiger partial charge is 0.287 e. The summed E-state index contributed by atoms with van der Waals surface area (Å²) >= 11 is 1.35. The molecule has 3 N–H and O–H groups in total. The summed E-state index contributed by atoms with van der Waals surface area (Å²) in [7, 11) is 0. The van der Waals surface area contributed by atoms with Crippen LogP contribution in [0.15, 0.2) is 65.2 Å². The number of carbonyl (C=O) groups excluding carboxylic acids is 2. The molecule has 4 heterocycles. The van der Waals surface area contributed by atoms with Crippen LogP contribution in [-0.2, 0) is 0 Å². The SMILES string of the molecule is O=C(NCCN1CCC(O)CC1)c1ccc(-c2ccc(NC(=O)c3cc4cccnc4s3)cc2)o1. The molecule has 1 saturated heterocycles. The van der Waals surface area contributed by atoms with Gasteiger partial charge in [0.05, 0.1) is 11.0 Å². The predicted molar refractivity (Wildman–Crippen MR) is 136 cm³/mol. The summed E-state index contributed by atoms with van der Waals surface area (Å²) in [6.45, 7) is 2.96. The zero-order chi connectivity index (χ0) is 24.2. The number of aromatic nitrogens is 1. The van der Waals surface area contributed by atoms with Crippen LogP contribution in [0.3, 0.4) is 0 Å². The Balaban J connectivity index is 1.15. The average Bonchev–Trinajstić information content (AvgIpc) is 3.54. The van der Waals surface area contributed by atoms with Gasteiger partial charge in [0, 0.05) is 49.0 Å². The normalized spacial score (nSPS) is 14.8. The summed E-state index contributed by atoms with van der Waals surface area (Å²) in [5.74, 6) is 0.395. The van der Waals surface area contributed by atoms with E-state index >= 15 is 0 Å². The number of hydrogen-bond donors (Lipinski definition) is 3. The van der Waals surface area contributed by atoms with Crippen molar-refractivity contribution < 1.29 is 19.1 Å². The number of fused-ring (bicyclic) bond motifs is 1. The highest BCUT2D eigenvalue weighted by Gasteiger charge is 2.17. The van der Waals surface area contributed by atoms with E-state index in [1.807, 2.05) is 30.3 Å². The lowest BCUT2D eigenvalue weighted by atomic mass is 10.1. The highest BCUT2D eigenvalue weighted by atomic mass is 32.1. The van der Waals surface area contributed by atoms with Crippen molar-refractivity contribution in [3.05, 3.63) is 71.4 Å². The zero-order valence-corrected chi connectivity index (χ0v) is 19.9. The van der Waals surface area contributed by atoms with Crippen LogP contribution in [-0.4, -0.2) is 59.1 Å². The molecule has 0 unspecified atom stereocenters. The summed E-state index contributed by atoms with van der Waals surface area (Å²) in [5, 5.41) is 16.3. The van der Waals surface area contributed by atoms with Crippen LogP contribution in [0.25, 0.3) is 21.5 Å². The number of aliphatic hydroxyl groups excluding tert-OH is 1. The molecule has 180 valence electrons. The topological polar surface area (TPSA) is 108 Å². The molecule has 0 aliphatic carbocycles. The molecule has 2 amide bonds. The molecular weight excluding hydrogens is 464 g/mol. The monoisotopic (exact) mass is 490 g/mol. The number of nitrogens with one attached hydrogen (secondary N) is 2. The Labute approximate surface area is 206 Å². The lowest BCUT2D eigenvalue weighted by Crippen LogP contribution is -2.40. The Bertz CT molecular complexity index is 1290. The molecule has 1 fully saturated rings. The van der Waals surface area contributed by atoms with Gasteiger partial charge in [0.25, 0.3) is 11.8 Å². The van der Waals surface area contributed by atoms with E-state index in [-0.39, 0.29) is 23.7 Å². The Kier molecular flexibility index (Phi) is 6.89. The first-order valence-corrected chi connectivity index (χ1v) is 12.4. The van der Waals surface area contributed by atoms with Gasteiger partial charge in [0.2, 0.25) is 0 Å². The Morgan fingerprint density at radius 3 is 2.66 bits per heavy atom. The second kappa shape index (κ2) is 10.4. The number of carbonyl (C=O) groups is 2. The maximum absolute atomic E-state index is 12.6. The van der Waals surface area contributed by atoms with Gasteiger partial charge in [0.1, 0.15) is 10.6 Å². The number of hydrogen-bond acceptors (Lipinski definition) is 7. The van der Waals surface area contributed by atoms with Crippen LogP contribution in [0, 0.1) is 0 Å². The average molecular weight is 491 g/mol. The van der Waals surface area contributed by atoms with E-state index in [2.05, 4.69) is 20.5 Å². The number of aliphatic hydroxyl groups is 1. The summed E-state index contributed by atoms with van der Waals surface area (Å²) in [4.78, 5) is 33.0. The van der Waals surface area contributed by atoms with Crippen molar-refractivity contribution in [3.8, 4) is 11.3 Å². The van der Waals surface area contributed by atoms with E-state index in [0.29, 0.717) is 22.9 Å². The third-order valence-corrected chi connectivity index (χ3v) is 7.10. The number of nitrogens with zero attached hydrogens (tertiary/aromatic N) is 2. The third kappa shape index (κ3) is 5.59. The van der Waals surface area contributed by atoms with E-state index in [1.54, 1.807) is 30.5 Å². The first-order valence-electron chi connectivity index (χ1n) is 11.6. The Morgan fingerprint density at radius 2 is 1.89 bits per heavy atom. The number of furan rings is 1. The predicted octanol–water partition coefficient (Wildman–Crippen LogP) is 4.00. The minimum absolute atomic E-state index is 0.182. The van der Waals surface area contributed by atoms with Gasteiger partial charge >= 0.3 is 0 Å². The fraction of sp³-hybridized carbons (Fsp3) is 0.269. The van der Waals surface area contributed by atoms with Crippen molar-refractivity contribution in [2.45, 2.75) is 18.9 Å². The number of amides is 2. The summed E-state index contributed by atoms with van der Waals surface area (Å²) in [5.41, 5.74) is 1.47. The molecule has 3 aromatic heterocycles. The molecule has 0 radical (unpaired) electrons. The van der Waals surface area contributed by atoms with Gasteiger partial charge in [-0.3, -0.25) is 9.59 Å². The van der Waals surface area contributed by atoms with Gasteiger partial charge in [-0.25, -0.2) is 4.98 Å².